The van der Waals surface area contributed by atoms with E-state index in [0.29, 0.717) is 0 Å². The lowest BCUT2D eigenvalue weighted by Crippen LogP contribution is -2.18. The van der Waals surface area contributed by atoms with Crippen LogP contribution in [0.1, 0.15) is 77.6 Å². The van der Waals surface area contributed by atoms with Gasteiger partial charge in [-0.2, -0.15) is 0 Å². The first kappa shape index (κ1) is 16.1. The van der Waals surface area contributed by atoms with Crippen molar-refractivity contribution in [2.75, 3.05) is 0 Å². The fourth-order valence-electron chi connectivity index (χ4n) is 2.59. The summed E-state index contributed by atoms with van der Waals surface area (Å²) in [7, 11) is 0. The first-order valence-electron chi connectivity index (χ1n) is 8.15. The number of nitrogens with zero attached hydrogens (tertiary/aromatic N) is 1. The zero-order valence-corrected chi connectivity index (χ0v) is 12.5. The summed E-state index contributed by atoms with van der Waals surface area (Å²) in [6.07, 6.45) is 21.9. The highest BCUT2D eigenvalue weighted by atomic mass is 16.3. The number of hydrogen-bond acceptors (Lipinski definition) is 1. The molecule has 2 heteroatoms. The first-order chi connectivity index (χ1) is 9.34. The van der Waals surface area contributed by atoms with Gasteiger partial charge in [-0.05, 0) is 12.5 Å². The van der Waals surface area contributed by atoms with Crippen molar-refractivity contribution in [3.05, 3.63) is 29.3 Å². The summed E-state index contributed by atoms with van der Waals surface area (Å²) in [5.41, 5.74) is 0. The van der Waals surface area contributed by atoms with Gasteiger partial charge in [0.15, 0.2) is 0 Å². The normalized spacial score (nSPS) is 18.2. The Balaban J connectivity index is 1.85. The summed E-state index contributed by atoms with van der Waals surface area (Å²) in [6.45, 7) is 2.26. The molecule has 0 saturated heterocycles. The molecule has 0 aromatic heterocycles. The van der Waals surface area contributed by atoms with Crippen molar-refractivity contribution >= 4 is 0 Å². The van der Waals surface area contributed by atoms with E-state index in [1.807, 2.05) is 18.2 Å². The Morgan fingerprint density at radius 2 is 1.42 bits per heavy atom. The van der Waals surface area contributed by atoms with Crippen molar-refractivity contribution in [1.82, 2.24) is 0 Å². The highest BCUT2D eigenvalue weighted by Gasteiger charge is 2.20. The van der Waals surface area contributed by atoms with E-state index in [0.717, 1.165) is 11.2 Å². The van der Waals surface area contributed by atoms with Gasteiger partial charge < -0.3 is 0 Å². The van der Waals surface area contributed by atoms with Crippen molar-refractivity contribution in [2.24, 2.45) is 0 Å². The van der Waals surface area contributed by atoms with E-state index >= 15 is 0 Å². The second-order valence-corrected chi connectivity index (χ2v) is 5.62. The highest BCUT2D eigenvalue weighted by molar-refractivity contribution is 5.05. The average Bonchev–Trinajstić information content (AvgIpc) is 2.43. The molecular formula is C17H30NO+. The zero-order chi connectivity index (χ0) is 13.8. The number of hydrogen-bond donors (Lipinski definition) is 0. The molecule has 1 rings (SSSR count). The molecule has 0 saturated carbocycles. The molecule has 2 nitrogen and oxygen atoms in total. The van der Waals surface area contributed by atoms with Crippen LogP contribution in [0.25, 0.3) is 0 Å². The van der Waals surface area contributed by atoms with Crippen LogP contribution in [-0.2, 0) is 0 Å². The lowest BCUT2D eigenvalue weighted by molar-refractivity contribution is -0.510. The Morgan fingerprint density at radius 1 is 0.842 bits per heavy atom. The molecule has 108 valence electrons. The number of unbranched alkanes of at least 4 members (excludes halogenated alkanes) is 9. The van der Waals surface area contributed by atoms with Crippen LogP contribution in [0.2, 0.25) is 0 Å². The highest BCUT2D eigenvalue weighted by Crippen LogP contribution is 2.14. The molecule has 1 aliphatic heterocycles. The number of rotatable bonds is 11. The van der Waals surface area contributed by atoms with Crippen LogP contribution >= 0.6 is 0 Å². The molecule has 0 fully saturated rings. The predicted octanol–water partition coefficient (Wildman–Crippen LogP) is 5.53. The fourth-order valence-corrected chi connectivity index (χ4v) is 2.59. The van der Waals surface area contributed by atoms with Crippen LogP contribution in [0.3, 0.4) is 0 Å². The van der Waals surface area contributed by atoms with E-state index in [9.17, 15) is 4.91 Å². The van der Waals surface area contributed by atoms with Crippen LogP contribution in [-0.4, -0.2) is 10.8 Å². The Labute approximate surface area is 118 Å². The maximum atomic E-state index is 11.5. The summed E-state index contributed by atoms with van der Waals surface area (Å²) >= 11 is 0. The van der Waals surface area contributed by atoms with E-state index in [1.165, 1.54) is 64.2 Å². The second kappa shape index (κ2) is 11.0. The van der Waals surface area contributed by atoms with Gasteiger partial charge >= 0.3 is 0 Å². The Kier molecular flexibility index (Phi) is 9.30. The summed E-state index contributed by atoms with van der Waals surface area (Å²) in [6, 6.07) is 0.0824. The van der Waals surface area contributed by atoms with Crippen molar-refractivity contribution in [3.8, 4) is 0 Å². The molecule has 0 bridgehead atoms. The molecule has 0 aliphatic carbocycles. The number of nitroso groups, excluding NO2 is 1. The SMILES string of the molecule is CCCCCCCCCCCCC1C=CC=C[N+]1=O. The third-order valence-electron chi connectivity index (χ3n) is 3.86. The smallest absolute Gasteiger partial charge is 0.0654 e. The fraction of sp³-hybridized carbons (Fsp3) is 0.765. The summed E-state index contributed by atoms with van der Waals surface area (Å²) in [4.78, 5) is 11.5. The van der Waals surface area contributed by atoms with Gasteiger partial charge in [0.25, 0.3) is 0 Å². The maximum absolute atomic E-state index is 11.5. The van der Waals surface area contributed by atoms with Gasteiger partial charge in [0.05, 0.1) is 0 Å². The Morgan fingerprint density at radius 3 is 2.00 bits per heavy atom. The number of allylic oxidation sites excluding steroid dienone is 2. The van der Waals surface area contributed by atoms with E-state index in [4.69, 9.17) is 0 Å². The van der Waals surface area contributed by atoms with E-state index in [2.05, 4.69) is 6.92 Å². The molecule has 0 N–H and O–H groups in total. The molecule has 1 heterocycles. The lowest BCUT2D eigenvalue weighted by Gasteiger charge is -2.05. The Hall–Kier alpha value is -0.920. The van der Waals surface area contributed by atoms with E-state index in [1.54, 1.807) is 6.20 Å². The molecule has 19 heavy (non-hydrogen) atoms. The van der Waals surface area contributed by atoms with Gasteiger partial charge in [0.1, 0.15) is 0 Å². The molecule has 0 aromatic rings. The minimum Gasteiger partial charge on any atom is -0.0654 e. The van der Waals surface area contributed by atoms with Gasteiger partial charge in [-0.3, -0.25) is 0 Å². The zero-order valence-electron chi connectivity index (χ0n) is 12.5. The summed E-state index contributed by atoms with van der Waals surface area (Å²) in [5, 5.41) is 0. The Bertz CT molecular complexity index is 294. The van der Waals surface area contributed by atoms with Gasteiger partial charge in [-0.15, -0.1) is 0 Å². The average molecular weight is 264 g/mol. The molecule has 0 amide bonds. The van der Waals surface area contributed by atoms with Crippen LogP contribution in [0, 0.1) is 4.91 Å². The van der Waals surface area contributed by atoms with E-state index in [-0.39, 0.29) is 6.04 Å². The standard InChI is InChI=1S/C17H30NO/c1-2-3-4-5-6-7-8-9-10-11-14-17-15-12-13-16-18(17)19/h12-13,15-17H,2-11,14H2,1H3/q+1. The molecule has 0 spiro atoms. The molecule has 1 unspecified atom stereocenters. The van der Waals surface area contributed by atoms with Crippen molar-refractivity contribution in [2.45, 2.75) is 83.6 Å². The van der Waals surface area contributed by atoms with Crippen LogP contribution < -0.4 is 0 Å². The molecule has 0 aromatic carbocycles. The minimum absolute atomic E-state index is 0.0824. The van der Waals surface area contributed by atoms with Crippen molar-refractivity contribution < 1.29 is 4.76 Å². The van der Waals surface area contributed by atoms with Crippen molar-refractivity contribution in [1.29, 1.82) is 0 Å². The van der Waals surface area contributed by atoms with Crippen LogP contribution in [0.4, 0.5) is 0 Å². The molecular weight excluding hydrogens is 234 g/mol. The summed E-state index contributed by atoms with van der Waals surface area (Å²) in [5.74, 6) is 0. The molecule has 0 radical (unpaired) electrons. The van der Waals surface area contributed by atoms with Crippen molar-refractivity contribution in [3.63, 3.8) is 0 Å². The monoisotopic (exact) mass is 264 g/mol. The van der Waals surface area contributed by atoms with E-state index < -0.39 is 0 Å². The largest absolute Gasteiger partial charge is 0.226 e. The van der Waals surface area contributed by atoms with Crippen LogP contribution in [0.15, 0.2) is 24.4 Å². The quantitative estimate of drug-likeness (QED) is 0.355. The molecule has 1 aliphatic rings. The third-order valence-corrected chi connectivity index (χ3v) is 3.86. The third kappa shape index (κ3) is 7.97. The lowest BCUT2D eigenvalue weighted by atomic mass is 10.0. The minimum atomic E-state index is 0.0824. The molecule has 1 atom stereocenters. The topological polar surface area (TPSA) is 20.1 Å². The maximum Gasteiger partial charge on any atom is 0.226 e. The van der Waals surface area contributed by atoms with Crippen LogP contribution in [0.5, 0.6) is 0 Å². The second-order valence-electron chi connectivity index (χ2n) is 5.62. The predicted molar refractivity (Wildman–Crippen MR) is 82.2 cm³/mol. The summed E-state index contributed by atoms with van der Waals surface area (Å²) < 4.78 is 1.08. The van der Waals surface area contributed by atoms with Gasteiger partial charge in [0.2, 0.25) is 12.2 Å². The first-order valence-corrected chi connectivity index (χ1v) is 8.15. The van der Waals surface area contributed by atoms with Gasteiger partial charge in [0, 0.05) is 22.2 Å². The van der Waals surface area contributed by atoms with Gasteiger partial charge in [-0.1, -0.05) is 70.8 Å². The van der Waals surface area contributed by atoms with Gasteiger partial charge in [-0.25, -0.2) is 0 Å².